The van der Waals surface area contributed by atoms with E-state index in [1.165, 1.54) is 12.7 Å². The van der Waals surface area contributed by atoms with Gasteiger partial charge in [0.1, 0.15) is 0 Å². The lowest BCUT2D eigenvalue weighted by Crippen LogP contribution is -2.22. The highest BCUT2D eigenvalue weighted by Crippen LogP contribution is 2.17. The Morgan fingerprint density at radius 2 is 1.90 bits per heavy atom. The first-order valence-electron chi connectivity index (χ1n) is 6.39. The van der Waals surface area contributed by atoms with Gasteiger partial charge in [0.2, 0.25) is 0 Å². The number of hydroxylamine groups is 1. The normalized spacial score (nSPS) is 10.1. The zero-order valence-electron chi connectivity index (χ0n) is 11.7. The van der Waals surface area contributed by atoms with Crippen molar-refractivity contribution in [1.29, 1.82) is 0 Å². The summed E-state index contributed by atoms with van der Waals surface area (Å²) in [5, 5.41) is 0. The molecular formula is C16H18N2O2. The van der Waals surface area contributed by atoms with Gasteiger partial charge in [-0.15, -0.1) is 0 Å². The second kappa shape index (κ2) is 6.73. The molecule has 0 spiro atoms. The fraction of sp³-hybridized carbons (Fsp3) is 0.188. The summed E-state index contributed by atoms with van der Waals surface area (Å²) in [6.45, 7) is 0.788. The smallest absolute Gasteiger partial charge is 0.274 e. The highest BCUT2D eigenvalue weighted by atomic mass is 16.6. The number of anilines is 1. The van der Waals surface area contributed by atoms with Crippen LogP contribution in [-0.2, 0) is 11.4 Å². The molecule has 0 aliphatic carbocycles. The molecule has 2 aromatic rings. The summed E-state index contributed by atoms with van der Waals surface area (Å²) in [5.41, 5.74) is 5.10. The third-order valence-corrected chi connectivity index (χ3v) is 3.01. The number of rotatable bonds is 5. The highest BCUT2D eigenvalue weighted by molar-refractivity contribution is 5.94. The van der Waals surface area contributed by atoms with Gasteiger partial charge in [-0.2, -0.15) is 0 Å². The van der Waals surface area contributed by atoms with Crippen molar-refractivity contribution in [3.63, 3.8) is 0 Å². The molecule has 4 heteroatoms. The molecule has 0 atom stereocenters. The van der Waals surface area contributed by atoms with Crippen LogP contribution in [0.1, 0.15) is 15.9 Å². The fourth-order valence-corrected chi connectivity index (χ4v) is 1.98. The van der Waals surface area contributed by atoms with Crippen molar-refractivity contribution in [2.45, 2.75) is 6.54 Å². The van der Waals surface area contributed by atoms with Crippen LogP contribution in [0.2, 0.25) is 0 Å². The van der Waals surface area contributed by atoms with Crippen LogP contribution < -0.4 is 10.4 Å². The molecule has 0 aliphatic heterocycles. The Bertz CT molecular complexity index is 570. The molecule has 1 N–H and O–H groups in total. The zero-order chi connectivity index (χ0) is 14.4. The van der Waals surface area contributed by atoms with Crippen LogP contribution in [0.5, 0.6) is 0 Å². The van der Waals surface area contributed by atoms with E-state index in [9.17, 15) is 4.79 Å². The Balaban J connectivity index is 2.12. The number of carbonyl (C=O) groups excluding carboxylic acids is 1. The molecule has 0 bridgehead atoms. The third kappa shape index (κ3) is 3.59. The molecule has 0 aliphatic rings. The first-order chi connectivity index (χ1) is 9.70. The van der Waals surface area contributed by atoms with Crippen molar-refractivity contribution < 1.29 is 9.63 Å². The number of amides is 1. The van der Waals surface area contributed by atoms with Gasteiger partial charge in [-0.1, -0.05) is 36.4 Å². The van der Waals surface area contributed by atoms with Gasteiger partial charge in [-0.3, -0.25) is 9.63 Å². The number of hydrogen-bond acceptors (Lipinski definition) is 3. The van der Waals surface area contributed by atoms with Crippen molar-refractivity contribution in [1.82, 2.24) is 5.48 Å². The Morgan fingerprint density at radius 1 is 1.15 bits per heavy atom. The minimum absolute atomic E-state index is 0.248. The first-order valence-corrected chi connectivity index (χ1v) is 6.39. The van der Waals surface area contributed by atoms with Crippen LogP contribution in [0.3, 0.4) is 0 Å². The lowest BCUT2D eigenvalue weighted by Gasteiger charge is -2.20. The van der Waals surface area contributed by atoms with Gasteiger partial charge in [-0.25, -0.2) is 5.48 Å². The Labute approximate surface area is 118 Å². The summed E-state index contributed by atoms with van der Waals surface area (Å²) in [7, 11) is 3.42. The van der Waals surface area contributed by atoms with Crippen molar-refractivity contribution in [3.05, 3.63) is 65.7 Å². The van der Waals surface area contributed by atoms with Crippen molar-refractivity contribution in [2.75, 3.05) is 19.1 Å². The van der Waals surface area contributed by atoms with Crippen molar-refractivity contribution in [3.8, 4) is 0 Å². The molecule has 0 saturated heterocycles. The van der Waals surface area contributed by atoms with E-state index in [1.807, 2.05) is 43.4 Å². The van der Waals surface area contributed by atoms with Crippen LogP contribution in [0.4, 0.5) is 5.69 Å². The van der Waals surface area contributed by atoms with Crippen LogP contribution in [0.25, 0.3) is 0 Å². The minimum Gasteiger partial charge on any atom is -0.370 e. The lowest BCUT2D eigenvalue weighted by molar-refractivity contribution is 0.0537. The maximum atomic E-state index is 11.7. The van der Waals surface area contributed by atoms with E-state index in [1.54, 1.807) is 6.07 Å². The SMILES string of the molecule is CONC(=O)c1cccc(N(C)Cc2ccccc2)c1. The predicted octanol–water partition coefficient (Wildman–Crippen LogP) is 2.61. The van der Waals surface area contributed by atoms with Crippen molar-refractivity contribution in [2.24, 2.45) is 0 Å². The van der Waals surface area contributed by atoms with E-state index < -0.39 is 0 Å². The Morgan fingerprint density at radius 3 is 2.60 bits per heavy atom. The second-order valence-corrected chi connectivity index (χ2v) is 4.53. The summed E-state index contributed by atoms with van der Waals surface area (Å²) in [5.74, 6) is -0.248. The van der Waals surface area contributed by atoms with Crippen LogP contribution in [-0.4, -0.2) is 20.1 Å². The molecule has 0 saturated carbocycles. The summed E-state index contributed by atoms with van der Waals surface area (Å²) in [6, 6.07) is 17.6. The molecule has 0 fully saturated rings. The monoisotopic (exact) mass is 270 g/mol. The van der Waals surface area contributed by atoms with E-state index in [0.29, 0.717) is 5.56 Å². The molecule has 4 nitrogen and oxygen atoms in total. The van der Waals surface area contributed by atoms with Gasteiger partial charge >= 0.3 is 0 Å². The van der Waals surface area contributed by atoms with Gasteiger partial charge in [0, 0.05) is 24.8 Å². The highest BCUT2D eigenvalue weighted by Gasteiger charge is 2.08. The average Bonchev–Trinajstić information content (AvgIpc) is 2.48. The molecule has 0 heterocycles. The molecule has 2 rings (SSSR count). The molecular weight excluding hydrogens is 252 g/mol. The van der Waals surface area contributed by atoms with E-state index in [2.05, 4.69) is 27.4 Å². The van der Waals surface area contributed by atoms with E-state index in [0.717, 1.165) is 12.2 Å². The summed E-state index contributed by atoms with van der Waals surface area (Å²) in [6.07, 6.45) is 0. The topological polar surface area (TPSA) is 41.6 Å². The maximum Gasteiger partial charge on any atom is 0.274 e. The van der Waals surface area contributed by atoms with Gasteiger partial charge in [-0.05, 0) is 23.8 Å². The van der Waals surface area contributed by atoms with E-state index in [4.69, 9.17) is 0 Å². The largest absolute Gasteiger partial charge is 0.370 e. The van der Waals surface area contributed by atoms with E-state index >= 15 is 0 Å². The fourth-order valence-electron chi connectivity index (χ4n) is 1.98. The van der Waals surface area contributed by atoms with Gasteiger partial charge in [0.05, 0.1) is 7.11 Å². The standard InChI is InChI=1S/C16H18N2O2/c1-18(12-13-7-4-3-5-8-13)15-10-6-9-14(11-15)16(19)17-20-2/h3-11H,12H2,1-2H3,(H,17,19). The minimum atomic E-state index is -0.248. The molecule has 0 unspecified atom stereocenters. The molecule has 0 aromatic heterocycles. The summed E-state index contributed by atoms with van der Waals surface area (Å²) < 4.78 is 0. The zero-order valence-corrected chi connectivity index (χ0v) is 11.7. The van der Waals surface area contributed by atoms with Crippen LogP contribution >= 0.6 is 0 Å². The van der Waals surface area contributed by atoms with Crippen LogP contribution in [0.15, 0.2) is 54.6 Å². The van der Waals surface area contributed by atoms with Crippen LogP contribution in [0, 0.1) is 0 Å². The second-order valence-electron chi connectivity index (χ2n) is 4.53. The number of hydrogen-bond donors (Lipinski definition) is 1. The molecule has 1 amide bonds. The Hall–Kier alpha value is -2.33. The summed E-state index contributed by atoms with van der Waals surface area (Å²) >= 11 is 0. The molecule has 0 radical (unpaired) electrons. The third-order valence-electron chi connectivity index (χ3n) is 3.01. The average molecular weight is 270 g/mol. The number of nitrogens with zero attached hydrogens (tertiary/aromatic N) is 1. The lowest BCUT2D eigenvalue weighted by atomic mass is 10.1. The van der Waals surface area contributed by atoms with Gasteiger partial charge in [0.15, 0.2) is 0 Å². The molecule has 20 heavy (non-hydrogen) atoms. The maximum absolute atomic E-state index is 11.7. The van der Waals surface area contributed by atoms with Crippen molar-refractivity contribution >= 4 is 11.6 Å². The predicted molar refractivity (Wildman–Crippen MR) is 79.5 cm³/mol. The number of carbonyl (C=O) groups is 1. The number of nitrogens with one attached hydrogen (secondary N) is 1. The van der Waals surface area contributed by atoms with Gasteiger partial charge in [0.25, 0.3) is 5.91 Å². The Kier molecular flexibility index (Phi) is 4.74. The number of benzene rings is 2. The first kappa shape index (κ1) is 14.1. The quantitative estimate of drug-likeness (QED) is 0.849. The molecule has 104 valence electrons. The van der Waals surface area contributed by atoms with E-state index in [-0.39, 0.29) is 5.91 Å². The van der Waals surface area contributed by atoms with Gasteiger partial charge < -0.3 is 4.90 Å². The summed E-state index contributed by atoms with van der Waals surface area (Å²) in [4.78, 5) is 18.5. The molecule has 2 aromatic carbocycles.